The van der Waals surface area contributed by atoms with Gasteiger partial charge in [-0.25, -0.2) is 4.79 Å². The minimum atomic E-state index is -0.494. The molecule has 2 heterocycles. The van der Waals surface area contributed by atoms with Crippen molar-refractivity contribution < 1.29 is 13.9 Å². The molecule has 1 amide bonds. The van der Waals surface area contributed by atoms with Crippen LogP contribution in [0.2, 0.25) is 5.02 Å². The number of halogens is 1. The van der Waals surface area contributed by atoms with E-state index in [4.69, 9.17) is 25.7 Å². The maximum absolute atomic E-state index is 12.4. The molecule has 0 N–H and O–H groups in total. The molecule has 0 radical (unpaired) electrons. The van der Waals surface area contributed by atoms with Crippen LogP contribution in [0.1, 0.15) is 71.3 Å². The van der Waals surface area contributed by atoms with E-state index in [0.717, 1.165) is 11.1 Å². The lowest BCUT2D eigenvalue weighted by atomic mass is 9.84. The lowest BCUT2D eigenvalue weighted by Crippen LogP contribution is -2.54. The summed E-state index contributed by atoms with van der Waals surface area (Å²) in [7, 11) is 0. The zero-order chi connectivity index (χ0) is 21.5. The van der Waals surface area contributed by atoms with Crippen LogP contribution in [0.3, 0.4) is 0 Å². The number of piperazine rings is 1. The van der Waals surface area contributed by atoms with Crippen LogP contribution < -0.4 is 4.90 Å². The number of oxazole rings is 1. The first kappa shape index (κ1) is 21.3. The molecule has 164 valence electrons. The Morgan fingerprint density at radius 3 is 2.60 bits per heavy atom. The molecule has 1 aromatic heterocycles. The van der Waals surface area contributed by atoms with Crippen LogP contribution in [0.5, 0.6) is 0 Å². The van der Waals surface area contributed by atoms with E-state index < -0.39 is 5.60 Å². The zero-order valence-corrected chi connectivity index (χ0v) is 19.2. The number of carbonyl (C=O) groups is 1. The van der Waals surface area contributed by atoms with Crippen molar-refractivity contribution in [1.29, 1.82) is 0 Å². The number of hydrogen-bond acceptors (Lipinski definition) is 5. The molecule has 1 aliphatic carbocycles. The van der Waals surface area contributed by atoms with Crippen LogP contribution >= 0.6 is 11.6 Å². The molecule has 1 saturated carbocycles. The van der Waals surface area contributed by atoms with Crippen molar-refractivity contribution in [3.8, 4) is 0 Å². The number of ether oxygens (including phenoxy) is 1. The lowest BCUT2D eigenvalue weighted by molar-refractivity contribution is 0.0216. The summed E-state index contributed by atoms with van der Waals surface area (Å²) in [5, 5.41) is 0.714. The van der Waals surface area contributed by atoms with E-state index in [0.29, 0.717) is 36.6 Å². The third kappa shape index (κ3) is 4.53. The van der Waals surface area contributed by atoms with E-state index in [1.165, 1.54) is 37.7 Å². The maximum Gasteiger partial charge on any atom is 0.410 e. The molecular formula is C23H32ClN3O3. The molecule has 30 heavy (non-hydrogen) atoms. The van der Waals surface area contributed by atoms with E-state index in [2.05, 4.69) is 17.9 Å². The van der Waals surface area contributed by atoms with E-state index in [9.17, 15) is 4.79 Å². The van der Waals surface area contributed by atoms with Crippen LogP contribution in [-0.2, 0) is 4.74 Å². The largest absolute Gasteiger partial charge is 0.444 e. The van der Waals surface area contributed by atoms with Crippen molar-refractivity contribution in [3.63, 3.8) is 0 Å². The molecule has 2 fully saturated rings. The van der Waals surface area contributed by atoms with Crippen molar-refractivity contribution in [2.45, 2.75) is 77.4 Å². The topological polar surface area (TPSA) is 58.8 Å². The number of rotatable bonds is 2. The molecule has 4 rings (SSSR count). The summed E-state index contributed by atoms with van der Waals surface area (Å²) < 4.78 is 11.8. The van der Waals surface area contributed by atoms with Gasteiger partial charge >= 0.3 is 6.09 Å². The normalized spacial score (nSPS) is 21.3. The molecule has 0 unspecified atom stereocenters. The average Bonchev–Trinajstić information content (AvgIpc) is 3.10. The number of benzene rings is 1. The number of aromatic nitrogens is 1. The first-order chi connectivity index (χ1) is 14.2. The van der Waals surface area contributed by atoms with Gasteiger partial charge in [0.15, 0.2) is 5.58 Å². The molecule has 1 saturated heterocycles. The van der Waals surface area contributed by atoms with Gasteiger partial charge in [-0.3, -0.25) is 0 Å². The van der Waals surface area contributed by atoms with Gasteiger partial charge in [0.2, 0.25) is 0 Å². The summed E-state index contributed by atoms with van der Waals surface area (Å²) in [5.41, 5.74) is 2.38. The molecule has 0 bridgehead atoms. The van der Waals surface area contributed by atoms with Gasteiger partial charge in [0.05, 0.1) is 0 Å². The Bertz CT molecular complexity index is 914. The number of fused-ring (bicyclic) bond motifs is 1. The van der Waals surface area contributed by atoms with Gasteiger partial charge in [-0.15, -0.1) is 0 Å². The first-order valence-electron chi connectivity index (χ1n) is 11.1. The van der Waals surface area contributed by atoms with Gasteiger partial charge in [-0.2, -0.15) is 4.98 Å². The van der Waals surface area contributed by atoms with E-state index in [1.54, 1.807) is 4.90 Å². The zero-order valence-electron chi connectivity index (χ0n) is 18.4. The maximum atomic E-state index is 12.4. The molecule has 1 atom stereocenters. The minimum absolute atomic E-state index is 0.0768. The second-order valence-electron chi connectivity index (χ2n) is 9.64. The van der Waals surface area contributed by atoms with Gasteiger partial charge in [0, 0.05) is 36.3 Å². The molecule has 1 aromatic carbocycles. The average molecular weight is 434 g/mol. The summed E-state index contributed by atoms with van der Waals surface area (Å²) in [6.45, 7) is 9.55. The highest BCUT2D eigenvalue weighted by Crippen LogP contribution is 2.39. The third-order valence-corrected chi connectivity index (χ3v) is 6.26. The smallest absolute Gasteiger partial charge is 0.410 e. The van der Waals surface area contributed by atoms with Gasteiger partial charge in [-0.1, -0.05) is 30.9 Å². The number of hydrogen-bond donors (Lipinski definition) is 0. The molecule has 2 aromatic rings. The monoisotopic (exact) mass is 433 g/mol. The van der Waals surface area contributed by atoms with Crippen LogP contribution in [0.4, 0.5) is 10.8 Å². The summed E-state index contributed by atoms with van der Waals surface area (Å²) in [5.74, 6) is 0.488. The highest BCUT2D eigenvalue weighted by molar-refractivity contribution is 6.31. The Labute approximate surface area is 183 Å². The molecule has 0 spiro atoms. The Balaban J connectivity index is 1.55. The molecule has 6 nitrogen and oxygen atoms in total. The van der Waals surface area contributed by atoms with Gasteiger partial charge in [-0.05, 0) is 58.6 Å². The number of carbonyl (C=O) groups excluding carboxylic acids is 1. The number of amides is 1. The van der Waals surface area contributed by atoms with Crippen LogP contribution in [0.25, 0.3) is 11.1 Å². The van der Waals surface area contributed by atoms with Crippen molar-refractivity contribution in [2.24, 2.45) is 0 Å². The van der Waals surface area contributed by atoms with Crippen LogP contribution in [0.15, 0.2) is 16.5 Å². The molecule has 7 heteroatoms. The highest BCUT2D eigenvalue weighted by Gasteiger charge is 2.32. The quantitative estimate of drug-likeness (QED) is 0.583. The van der Waals surface area contributed by atoms with Crippen molar-refractivity contribution >= 4 is 34.8 Å². The van der Waals surface area contributed by atoms with Crippen LogP contribution in [0, 0.1) is 0 Å². The Kier molecular flexibility index (Phi) is 5.88. The molecule has 1 aliphatic heterocycles. The summed E-state index contributed by atoms with van der Waals surface area (Å²) in [6, 6.07) is 4.63. The fraction of sp³-hybridized carbons (Fsp3) is 0.652. The van der Waals surface area contributed by atoms with Crippen molar-refractivity contribution in [2.75, 3.05) is 24.5 Å². The predicted molar refractivity (Wildman–Crippen MR) is 119 cm³/mol. The van der Waals surface area contributed by atoms with Gasteiger partial charge in [0.25, 0.3) is 6.01 Å². The Hall–Kier alpha value is -1.95. The molecular weight excluding hydrogens is 402 g/mol. The fourth-order valence-corrected chi connectivity index (χ4v) is 4.81. The van der Waals surface area contributed by atoms with Crippen LogP contribution in [-0.4, -0.2) is 47.3 Å². The standard InChI is InChI=1S/C23H32ClN3O3/c1-15-14-26(22(28)30-23(2,3)4)10-11-27(15)21-25-19-13-17(24)12-18(20(19)29-21)16-8-6-5-7-9-16/h12-13,15-16H,5-11,14H2,1-4H3/t15-/m0/s1. The summed E-state index contributed by atoms with van der Waals surface area (Å²) in [4.78, 5) is 21.1. The lowest BCUT2D eigenvalue weighted by Gasteiger charge is -2.39. The third-order valence-electron chi connectivity index (χ3n) is 6.04. The number of anilines is 1. The van der Waals surface area contributed by atoms with Gasteiger partial charge in [0.1, 0.15) is 11.1 Å². The van der Waals surface area contributed by atoms with Crippen molar-refractivity contribution in [3.05, 3.63) is 22.7 Å². The fourth-order valence-electron chi connectivity index (χ4n) is 4.59. The predicted octanol–water partition coefficient (Wildman–Crippen LogP) is 5.97. The second kappa shape index (κ2) is 8.29. The van der Waals surface area contributed by atoms with Crippen molar-refractivity contribution in [1.82, 2.24) is 9.88 Å². The van der Waals surface area contributed by atoms with E-state index in [-0.39, 0.29) is 12.1 Å². The Morgan fingerprint density at radius 2 is 1.93 bits per heavy atom. The Morgan fingerprint density at radius 1 is 1.20 bits per heavy atom. The first-order valence-corrected chi connectivity index (χ1v) is 11.4. The van der Waals surface area contributed by atoms with E-state index in [1.807, 2.05) is 26.8 Å². The molecule has 2 aliphatic rings. The van der Waals surface area contributed by atoms with E-state index >= 15 is 0 Å². The second-order valence-corrected chi connectivity index (χ2v) is 10.1. The summed E-state index contributed by atoms with van der Waals surface area (Å²) in [6.07, 6.45) is 5.90. The highest BCUT2D eigenvalue weighted by atomic mass is 35.5. The van der Waals surface area contributed by atoms with Gasteiger partial charge < -0.3 is 19.0 Å². The summed E-state index contributed by atoms with van der Waals surface area (Å²) >= 11 is 6.42. The SMILES string of the molecule is C[C@H]1CN(C(=O)OC(C)(C)C)CCN1c1nc2cc(Cl)cc(C3CCCCC3)c2o1. The minimum Gasteiger partial charge on any atom is -0.444 e. The number of nitrogens with zero attached hydrogens (tertiary/aromatic N) is 3.